The van der Waals surface area contributed by atoms with Gasteiger partial charge in [0.25, 0.3) is 0 Å². The van der Waals surface area contributed by atoms with E-state index in [4.69, 9.17) is 9.84 Å². The number of aryl methyl sites for hydroxylation is 1. The van der Waals surface area contributed by atoms with E-state index < -0.39 is 5.97 Å². The molecule has 0 unspecified atom stereocenters. The monoisotopic (exact) mass is 238 g/mol. The number of carboxylic acids is 1. The van der Waals surface area contributed by atoms with Gasteiger partial charge in [-0.25, -0.2) is 0 Å². The van der Waals surface area contributed by atoms with E-state index in [2.05, 4.69) is 6.58 Å². The summed E-state index contributed by atoms with van der Waals surface area (Å²) in [5.41, 5.74) is 0.688. The van der Waals surface area contributed by atoms with E-state index in [-0.39, 0.29) is 18.8 Å². The van der Waals surface area contributed by atoms with E-state index in [0.717, 1.165) is 0 Å². The van der Waals surface area contributed by atoms with E-state index in [1.165, 1.54) is 6.07 Å². The van der Waals surface area contributed by atoms with Crippen molar-refractivity contribution in [2.75, 3.05) is 6.61 Å². The first-order valence-electron chi connectivity index (χ1n) is 5.23. The lowest BCUT2D eigenvalue weighted by atomic mass is 10.3. The Bertz CT molecular complexity index is 429. The molecule has 92 valence electrons. The smallest absolute Gasteiger partial charge is 0.309 e. The van der Waals surface area contributed by atoms with Crippen molar-refractivity contribution >= 4 is 5.97 Å². The number of aliphatic carboxylic acids is 1. The maximum absolute atomic E-state index is 10.5. The summed E-state index contributed by atoms with van der Waals surface area (Å²) in [4.78, 5) is 10.5. The van der Waals surface area contributed by atoms with Crippen molar-refractivity contribution in [1.29, 1.82) is 0 Å². The summed E-state index contributed by atoms with van der Waals surface area (Å²) < 4.78 is 7.06. The predicted molar refractivity (Wildman–Crippen MR) is 61.0 cm³/mol. The Morgan fingerprint density at radius 2 is 2.35 bits per heavy atom. The number of carboxylic acid groups (broad SMARTS) is 1. The van der Waals surface area contributed by atoms with Gasteiger partial charge in [-0.2, -0.15) is 4.57 Å². The van der Waals surface area contributed by atoms with E-state index >= 15 is 0 Å². The van der Waals surface area contributed by atoms with Crippen LogP contribution in [0.3, 0.4) is 0 Å². The second-order valence-corrected chi connectivity index (χ2v) is 3.55. The number of pyridine rings is 1. The van der Waals surface area contributed by atoms with Crippen LogP contribution in [0.15, 0.2) is 24.9 Å². The van der Waals surface area contributed by atoms with Crippen LogP contribution in [0.2, 0.25) is 0 Å². The van der Waals surface area contributed by atoms with Gasteiger partial charge in [0, 0.05) is 13.0 Å². The van der Waals surface area contributed by atoms with Crippen LogP contribution >= 0.6 is 0 Å². The van der Waals surface area contributed by atoms with Gasteiger partial charge in [-0.05, 0) is 0 Å². The molecule has 0 atom stereocenters. The molecular formula is C12H16NO4+. The average Bonchev–Trinajstić information content (AvgIpc) is 2.27. The minimum absolute atomic E-state index is 0.0250. The molecule has 1 aromatic rings. The van der Waals surface area contributed by atoms with Gasteiger partial charge in [-0.3, -0.25) is 4.79 Å². The number of nitrogens with zero attached hydrogens (tertiary/aromatic N) is 1. The highest BCUT2D eigenvalue weighted by Crippen LogP contribution is 2.26. The molecule has 0 aliphatic rings. The molecule has 5 heteroatoms. The third-order valence-corrected chi connectivity index (χ3v) is 2.32. The Hall–Kier alpha value is -2.04. The first kappa shape index (κ1) is 13.0. The van der Waals surface area contributed by atoms with Gasteiger partial charge in [0.15, 0.2) is 18.5 Å². The lowest BCUT2D eigenvalue weighted by Crippen LogP contribution is -2.38. The number of aromatic nitrogens is 1. The molecule has 0 aliphatic carbocycles. The summed E-state index contributed by atoms with van der Waals surface area (Å²) in [7, 11) is 0. The first-order valence-corrected chi connectivity index (χ1v) is 5.23. The maximum Gasteiger partial charge on any atom is 0.309 e. The fourth-order valence-electron chi connectivity index (χ4n) is 1.44. The van der Waals surface area contributed by atoms with E-state index in [9.17, 15) is 9.90 Å². The fourth-order valence-corrected chi connectivity index (χ4v) is 1.44. The number of carbonyl (C=O) groups is 1. The molecule has 0 amide bonds. The van der Waals surface area contributed by atoms with Gasteiger partial charge in [0.05, 0.1) is 0 Å². The largest absolute Gasteiger partial charge is 0.504 e. The van der Waals surface area contributed by atoms with Crippen LogP contribution < -0.4 is 9.30 Å². The molecule has 0 aromatic carbocycles. The molecule has 0 bridgehead atoms. The highest BCUT2D eigenvalue weighted by Gasteiger charge is 2.17. The highest BCUT2D eigenvalue weighted by atomic mass is 16.5. The summed E-state index contributed by atoms with van der Waals surface area (Å²) >= 11 is 0. The zero-order chi connectivity index (χ0) is 12.8. The molecular weight excluding hydrogens is 222 g/mol. The van der Waals surface area contributed by atoms with Crippen molar-refractivity contribution < 1.29 is 24.3 Å². The maximum atomic E-state index is 10.5. The number of ether oxygens (including phenoxy) is 1. The van der Waals surface area contributed by atoms with E-state index in [1.807, 2.05) is 0 Å². The molecule has 0 aliphatic heterocycles. The zero-order valence-electron chi connectivity index (χ0n) is 9.72. The highest BCUT2D eigenvalue weighted by molar-refractivity contribution is 5.66. The Morgan fingerprint density at radius 3 is 2.94 bits per heavy atom. The predicted octanol–water partition coefficient (Wildman–Crippen LogP) is 1.03. The fraction of sp³-hybridized carbons (Fsp3) is 0.333. The van der Waals surface area contributed by atoms with Crippen LogP contribution in [-0.4, -0.2) is 22.8 Å². The van der Waals surface area contributed by atoms with Crippen LogP contribution in [0.1, 0.15) is 12.1 Å². The number of hydrogen-bond acceptors (Lipinski definition) is 3. The average molecular weight is 238 g/mol. The molecule has 1 aromatic heterocycles. The lowest BCUT2D eigenvalue weighted by molar-refractivity contribution is -0.702. The summed E-state index contributed by atoms with van der Waals surface area (Å²) in [5.74, 6) is -0.466. The molecule has 2 N–H and O–H groups in total. The van der Waals surface area contributed by atoms with Crippen LogP contribution in [-0.2, 0) is 11.3 Å². The normalized spacial score (nSPS) is 9.94. The summed E-state index contributed by atoms with van der Waals surface area (Å²) in [5, 5.41) is 18.3. The van der Waals surface area contributed by atoms with Crippen LogP contribution in [0.4, 0.5) is 0 Å². The van der Waals surface area contributed by atoms with Gasteiger partial charge in [0.2, 0.25) is 11.4 Å². The van der Waals surface area contributed by atoms with Gasteiger partial charge >= 0.3 is 5.97 Å². The molecule has 1 heterocycles. The van der Waals surface area contributed by atoms with Crippen LogP contribution in [0.5, 0.6) is 11.5 Å². The first-order chi connectivity index (χ1) is 8.06. The number of hydrogen-bond donors (Lipinski definition) is 2. The third-order valence-electron chi connectivity index (χ3n) is 2.32. The van der Waals surface area contributed by atoms with Crippen molar-refractivity contribution in [3.63, 3.8) is 0 Å². The quantitative estimate of drug-likeness (QED) is 0.573. The number of rotatable bonds is 6. The standard InChI is InChI=1S/C12H15NO4/c1-3-8-17-12-9(2)13(6-4-10(12)14)7-5-11(15)16/h3-4,6H,1,5,7-8H2,2H3,(H,15,16)/p+1. The topological polar surface area (TPSA) is 70.6 Å². The Balaban J connectivity index is 2.92. The van der Waals surface area contributed by atoms with Gasteiger partial charge in [-0.15, -0.1) is 0 Å². The molecule has 0 spiro atoms. The van der Waals surface area contributed by atoms with Crippen molar-refractivity contribution in [3.8, 4) is 11.5 Å². The zero-order valence-corrected chi connectivity index (χ0v) is 9.72. The lowest BCUT2D eigenvalue weighted by Gasteiger charge is -2.08. The minimum Gasteiger partial charge on any atom is -0.504 e. The van der Waals surface area contributed by atoms with Crippen molar-refractivity contribution in [2.45, 2.75) is 19.9 Å². The third kappa shape index (κ3) is 3.48. The van der Waals surface area contributed by atoms with Crippen LogP contribution in [0, 0.1) is 6.92 Å². The molecule has 1 rings (SSSR count). The summed E-state index contributed by atoms with van der Waals surface area (Å²) in [6, 6.07) is 1.48. The second kappa shape index (κ2) is 5.89. The van der Waals surface area contributed by atoms with Crippen molar-refractivity contribution in [2.24, 2.45) is 0 Å². The van der Waals surface area contributed by atoms with Gasteiger partial charge in [0.1, 0.15) is 13.0 Å². The van der Waals surface area contributed by atoms with E-state index in [1.54, 1.807) is 23.8 Å². The van der Waals surface area contributed by atoms with Gasteiger partial charge in [-0.1, -0.05) is 12.7 Å². The molecule has 0 radical (unpaired) electrons. The Morgan fingerprint density at radius 1 is 1.65 bits per heavy atom. The molecule has 0 saturated carbocycles. The van der Waals surface area contributed by atoms with Crippen LogP contribution in [0.25, 0.3) is 0 Å². The van der Waals surface area contributed by atoms with Crippen molar-refractivity contribution in [1.82, 2.24) is 0 Å². The summed E-state index contributed by atoms with van der Waals surface area (Å²) in [6.07, 6.45) is 3.24. The summed E-state index contributed by atoms with van der Waals surface area (Å²) in [6.45, 7) is 5.92. The van der Waals surface area contributed by atoms with Gasteiger partial charge < -0.3 is 14.9 Å². The van der Waals surface area contributed by atoms with E-state index in [0.29, 0.717) is 18.0 Å². The van der Waals surface area contributed by atoms with Crippen molar-refractivity contribution in [3.05, 3.63) is 30.6 Å². The molecule has 0 fully saturated rings. The number of aromatic hydroxyl groups is 1. The molecule has 0 saturated heterocycles. The Kier molecular flexibility index (Phi) is 4.51. The second-order valence-electron chi connectivity index (χ2n) is 3.55. The molecule has 17 heavy (non-hydrogen) atoms. The Labute approximate surface area is 99.6 Å². The SMILES string of the molecule is C=CCOc1c(O)cc[n+](CCC(=O)O)c1C. The molecule has 5 nitrogen and oxygen atoms in total. The minimum atomic E-state index is -0.862.